The van der Waals surface area contributed by atoms with Crippen LogP contribution in [0.25, 0.3) is 0 Å². The summed E-state index contributed by atoms with van der Waals surface area (Å²) < 4.78 is 0.671. The molecular weight excluding hydrogens is 302 g/mol. The number of amides is 1. The SMILES string of the molecule is Cc1ccc(Br)c(C(=O)NCC[C@H](O)C(=O)O)c1. The van der Waals surface area contributed by atoms with Crippen molar-refractivity contribution in [2.45, 2.75) is 19.4 Å². The van der Waals surface area contributed by atoms with Gasteiger partial charge in [-0.05, 0) is 35.0 Å². The van der Waals surface area contributed by atoms with Crippen LogP contribution in [0.4, 0.5) is 0 Å². The fourth-order valence-corrected chi connectivity index (χ4v) is 1.78. The Labute approximate surface area is 113 Å². The molecule has 0 spiro atoms. The Morgan fingerprint density at radius 2 is 2.11 bits per heavy atom. The van der Waals surface area contributed by atoms with E-state index in [1.807, 2.05) is 13.0 Å². The highest BCUT2D eigenvalue weighted by molar-refractivity contribution is 9.10. The van der Waals surface area contributed by atoms with Crippen LogP contribution in [-0.2, 0) is 4.79 Å². The second-order valence-electron chi connectivity index (χ2n) is 3.88. The zero-order chi connectivity index (χ0) is 13.7. The molecule has 0 saturated carbocycles. The lowest BCUT2D eigenvalue weighted by molar-refractivity contribution is -0.146. The van der Waals surface area contributed by atoms with Gasteiger partial charge >= 0.3 is 5.97 Å². The number of rotatable bonds is 5. The number of aliphatic carboxylic acids is 1. The fourth-order valence-electron chi connectivity index (χ4n) is 1.35. The lowest BCUT2D eigenvalue weighted by atomic mass is 10.1. The Hall–Kier alpha value is -1.40. The first-order valence-electron chi connectivity index (χ1n) is 5.37. The van der Waals surface area contributed by atoms with Gasteiger partial charge < -0.3 is 15.5 Å². The van der Waals surface area contributed by atoms with E-state index in [-0.39, 0.29) is 18.9 Å². The lowest BCUT2D eigenvalue weighted by Crippen LogP contribution is -2.30. The molecule has 0 fully saturated rings. The van der Waals surface area contributed by atoms with Crippen LogP contribution in [0.5, 0.6) is 0 Å². The number of hydrogen-bond acceptors (Lipinski definition) is 3. The minimum Gasteiger partial charge on any atom is -0.479 e. The average molecular weight is 316 g/mol. The maximum Gasteiger partial charge on any atom is 0.332 e. The van der Waals surface area contributed by atoms with Crippen LogP contribution < -0.4 is 5.32 Å². The van der Waals surface area contributed by atoms with Crippen molar-refractivity contribution in [1.29, 1.82) is 0 Å². The predicted molar refractivity (Wildman–Crippen MR) is 69.5 cm³/mol. The molecule has 0 bridgehead atoms. The molecule has 0 unspecified atom stereocenters. The maximum atomic E-state index is 11.8. The van der Waals surface area contributed by atoms with Gasteiger partial charge in [0, 0.05) is 17.4 Å². The number of benzene rings is 1. The number of halogens is 1. The lowest BCUT2D eigenvalue weighted by Gasteiger charge is -2.09. The van der Waals surface area contributed by atoms with Crippen molar-refractivity contribution in [2.24, 2.45) is 0 Å². The third-order valence-electron chi connectivity index (χ3n) is 2.35. The second kappa shape index (κ2) is 6.51. The van der Waals surface area contributed by atoms with Gasteiger partial charge in [-0.25, -0.2) is 4.79 Å². The summed E-state index contributed by atoms with van der Waals surface area (Å²) in [7, 11) is 0. The summed E-state index contributed by atoms with van der Waals surface area (Å²) in [6.07, 6.45) is -1.48. The summed E-state index contributed by atoms with van der Waals surface area (Å²) in [5.41, 5.74) is 1.44. The van der Waals surface area contributed by atoms with Crippen LogP contribution in [-0.4, -0.2) is 34.7 Å². The third kappa shape index (κ3) is 4.12. The van der Waals surface area contributed by atoms with Crippen molar-refractivity contribution >= 4 is 27.8 Å². The molecule has 1 aromatic carbocycles. The molecule has 0 aliphatic carbocycles. The number of carbonyl (C=O) groups is 2. The summed E-state index contributed by atoms with van der Waals surface area (Å²) in [6.45, 7) is 1.98. The van der Waals surface area contributed by atoms with Crippen molar-refractivity contribution < 1.29 is 19.8 Å². The van der Waals surface area contributed by atoms with Gasteiger partial charge in [0.25, 0.3) is 5.91 Å². The first-order chi connectivity index (χ1) is 8.41. The van der Waals surface area contributed by atoms with Crippen LogP contribution in [0.3, 0.4) is 0 Å². The Balaban J connectivity index is 2.55. The molecule has 0 aliphatic heterocycles. The molecule has 1 rings (SSSR count). The summed E-state index contributed by atoms with van der Waals surface area (Å²) >= 11 is 3.27. The van der Waals surface area contributed by atoms with Crippen molar-refractivity contribution in [3.8, 4) is 0 Å². The molecule has 0 aromatic heterocycles. The minimum absolute atomic E-state index is 0.0233. The number of nitrogens with one attached hydrogen (secondary N) is 1. The zero-order valence-electron chi connectivity index (χ0n) is 9.81. The smallest absolute Gasteiger partial charge is 0.332 e. The van der Waals surface area contributed by atoms with Gasteiger partial charge in [0.2, 0.25) is 0 Å². The maximum absolute atomic E-state index is 11.8. The van der Waals surface area contributed by atoms with E-state index < -0.39 is 12.1 Å². The summed E-state index contributed by atoms with van der Waals surface area (Å²) in [4.78, 5) is 22.2. The summed E-state index contributed by atoms with van der Waals surface area (Å²) in [5, 5.41) is 20.1. The molecule has 0 saturated heterocycles. The van der Waals surface area contributed by atoms with Crippen LogP contribution in [0.15, 0.2) is 22.7 Å². The molecule has 1 amide bonds. The molecule has 6 heteroatoms. The van der Waals surface area contributed by atoms with Crippen LogP contribution >= 0.6 is 15.9 Å². The molecule has 18 heavy (non-hydrogen) atoms. The quantitative estimate of drug-likeness (QED) is 0.765. The second-order valence-corrected chi connectivity index (χ2v) is 4.74. The van der Waals surface area contributed by atoms with Crippen molar-refractivity contribution in [1.82, 2.24) is 5.32 Å². The van der Waals surface area contributed by atoms with Gasteiger partial charge in [-0.2, -0.15) is 0 Å². The topological polar surface area (TPSA) is 86.6 Å². The molecule has 1 atom stereocenters. The highest BCUT2D eigenvalue weighted by Crippen LogP contribution is 2.17. The van der Waals surface area contributed by atoms with Gasteiger partial charge in [-0.1, -0.05) is 11.6 Å². The number of aryl methyl sites for hydroxylation is 1. The van der Waals surface area contributed by atoms with E-state index in [1.54, 1.807) is 12.1 Å². The molecule has 1 aromatic rings. The summed E-state index contributed by atoms with van der Waals surface area (Å²) in [6, 6.07) is 5.37. The van der Waals surface area contributed by atoms with E-state index in [4.69, 9.17) is 10.2 Å². The van der Waals surface area contributed by atoms with E-state index in [2.05, 4.69) is 21.2 Å². The highest BCUT2D eigenvalue weighted by Gasteiger charge is 2.14. The minimum atomic E-state index is -1.45. The standard InChI is InChI=1S/C12H14BrNO4/c1-7-2-3-9(13)8(6-7)11(16)14-5-4-10(15)12(17)18/h2-3,6,10,15H,4-5H2,1H3,(H,14,16)(H,17,18)/t10-/m0/s1. The molecule has 0 aliphatic rings. The van der Waals surface area contributed by atoms with E-state index in [9.17, 15) is 9.59 Å². The molecule has 5 nitrogen and oxygen atoms in total. The number of carboxylic acid groups (broad SMARTS) is 1. The van der Waals surface area contributed by atoms with E-state index in [1.165, 1.54) is 0 Å². The molecule has 0 radical (unpaired) electrons. The van der Waals surface area contributed by atoms with E-state index in [0.717, 1.165) is 5.56 Å². The molecule has 98 valence electrons. The monoisotopic (exact) mass is 315 g/mol. The number of aliphatic hydroxyl groups excluding tert-OH is 1. The van der Waals surface area contributed by atoms with Crippen molar-refractivity contribution in [3.63, 3.8) is 0 Å². The van der Waals surface area contributed by atoms with Crippen molar-refractivity contribution in [3.05, 3.63) is 33.8 Å². The van der Waals surface area contributed by atoms with Gasteiger partial charge in [0.15, 0.2) is 6.10 Å². The first-order valence-corrected chi connectivity index (χ1v) is 6.16. The highest BCUT2D eigenvalue weighted by atomic mass is 79.9. The fraction of sp³-hybridized carbons (Fsp3) is 0.333. The first kappa shape index (κ1) is 14.7. The van der Waals surface area contributed by atoms with Crippen LogP contribution in [0.2, 0.25) is 0 Å². The normalized spacial score (nSPS) is 11.9. The Morgan fingerprint density at radius 3 is 2.72 bits per heavy atom. The van der Waals surface area contributed by atoms with Gasteiger partial charge in [-0.15, -0.1) is 0 Å². The average Bonchev–Trinajstić information content (AvgIpc) is 2.31. The summed E-state index contributed by atoms with van der Waals surface area (Å²) in [5.74, 6) is -1.59. The number of carboxylic acids is 1. The van der Waals surface area contributed by atoms with Crippen LogP contribution in [0.1, 0.15) is 22.3 Å². The number of hydrogen-bond donors (Lipinski definition) is 3. The third-order valence-corrected chi connectivity index (χ3v) is 3.05. The van der Waals surface area contributed by atoms with Crippen LogP contribution in [0, 0.1) is 6.92 Å². The number of aliphatic hydroxyl groups is 1. The largest absolute Gasteiger partial charge is 0.479 e. The Morgan fingerprint density at radius 1 is 1.44 bits per heavy atom. The van der Waals surface area contributed by atoms with E-state index >= 15 is 0 Å². The van der Waals surface area contributed by atoms with Gasteiger partial charge in [0.05, 0.1) is 5.56 Å². The Bertz CT molecular complexity index is 461. The van der Waals surface area contributed by atoms with Gasteiger partial charge in [0.1, 0.15) is 0 Å². The Kier molecular flexibility index (Phi) is 5.30. The molecule has 3 N–H and O–H groups in total. The van der Waals surface area contributed by atoms with Crippen molar-refractivity contribution in [2.75, 3.05) is 6.54 Å². The zero-order valence-corrected chi connectivity index (χ0v) is 11.4. The molecule has 0 heterocycles. The molecular formula is C12H14BrNO4. The van der Waals surface area contributed by atoms with E-state index in [0.29, 0.717) is 10.0 Å². The number of carbonyl (C=O) groups excluding carboxylic acids is 1. The predicted octanol–water partition coefficient (Wildman–Crippen LogP) is 1.32. The van der Waals surface area contributed by atoms with Gasteiger partial charge in [-0.3, -0.25) is 4.79 Å².